The van der Waals surface area contributed by atoms with E-state index >= 15 is 4.39 Å². The van der Waals surface area contributed by atoms with Crippen molar-refractivity contribution in [1.82, 2.24) is 10.1 Å². The van der Waals surface area contributed by atoms with Crippen molar-refractivity contribution in [1.29, 1.82) is 0 Å². The molecule has 2 N–H and O–H groups in total. The lowest BCUT2D eigenvalue weighted by Crippen LogP contribution is -2.39. The number of aromatic nitrogens is 2. The molecule has 0 spiro atoms. The number of sulfone groups is 1. The summed E-state index contributed by atoms with van der Waals surface area (Å²) in [4.78, 5) is 6.08. The topological polar surface area (TPSA) is 102 Å². The Labute approximate surface area is 183 Å². The van der Waals surface area contributed by atoms with Crippen molar-refractivity contribution in [3.05, 3.63) is 58.6 Å². The number of nitrogens with two attached hydrogens (primary N) is 1. The van der Waals surface area contributed by atoms with Gasteiger partial charge in [0.05, 0.1) is 21.9 Å². The molecule has 162 valence electrons. The molecule has 1 aliphatic carbocycles. The van der Waals surface area contributed by atoms with Gasteiger partial charge in [0.2, 0.25) is 0 Å². The molecule has 31 heavy (non-hydrogen) atoms. The van der Waals surface area contributed by atoms with Crippen LogP contribution in [0.25, 0.3) is 11.5 Å². The van der Waals surface area contributed by atoms with Crippen molar-refractivity contribution in [2.24, 2.45) is 5.73 Å². The first-order chi connectivity index (χ1) is 14.8. The van der Waals surface area contributed by atoms with E-state index in [0.29, 0.717) is 23.1 Å². The van der Waals surface area contributed by atoms with Crippen LogP contribution in [0.15, 0.2) is 45.8 Å². The molecule has 7 nitrogen and oxygen atoms in total. The quantitative estimate of drug-likeness (QED) is 0.632. The third-order valence-corrected chi connectivity index (χ3v) is 7.63. The van der Waals surface area contributed by atoms with E-state index in [1.807, 2.05) is 17.0 Å². The van der Waals surface area contributed by atoms with E-state index in [9.17, 15) is 8.42 Å². The first-order valence-corrected chi connectivity index (χ1v) is 12.0. The van der Waals surface area contributed by atoms with Gasteiger partial charge in [-0.2, -0.15) is 4.98 Å². The Morgan fingerprint density at radius 3 is 2.68 bits per heavy atom. The number of fused-ring (bicyclic) bond motifs is 1. The second kappa shape index (κ2) is 7.58. The third-order valence-electron chi connectivity index (χ3n) is 5.51. The van der Waals surface area contributed by atoms with Gasteiger partial charge in [-0.1, -0.05) is 28.9 Å². The molecular weight excluding hydrogens is 443 g/mol. The maximum absolute atomic E-state index is 15.0. The average Bonchev–Trinajstić information content (AvgIpc) is 3.46. The molecule has 1 aromatic heterocycles. The number of rotatable bonds is 4. The summed E-state index contributed by atoms with van der Waals surface area (Å²) in [6.07, 6.45) is 1.97. The molecule has 0 radical (unpaired) electrons. The summed E-state index contributed by atoms with van der Waals surface area (Å²) in [6.45, 7) is 0.673. The lowest BCUT2D eigenvalue weighted by atomic mass is 10.1. The summed E-state index contributed by atoms with van der Waals surface area (Å²) in [6, 6.07) is 9.13. The Bertz CT molecular complexity index is 1240. The number of hydrogen-bond donors (Lipinski definition) is 1. The molecule has 1 aliphatic heterocycles. The van der Waals surface area contributed by atoms with Gasteiger partial charge in [0.1, 0.15) is 5.82 Å². The molecule has 0 unspecified atom stereocenters. The van der Waals surface area contributed by atoms with Crippen molar-refractivity contribution in [3.63, 3.8) is 0 Å². The second-order valence-corrected chi connectivity index (χ2v) is 10.5. The Morgan fingerprint density at radius 2 is 1.97 bits per heavy atom. The highest BCUT2D eigenvalue weighted by Gasteiger charge is 2.33. The Kier molecular flexibility index (Phi) is 4.99. The fraction of sp³-hybridized carbons (Fsp3) is 0.333. The SMILES string of the molecule is N[C@@H]1CN(Cc2ccc(Cl)cc2)c2cc(-c3nc(C4CC4)no3)c(F)cc2S(=O)(=O)C1. The number of anilines is 1. The van der Waals surface area contributed by atoms with Crippen molar-refractivity contribution in [3.8, 4) is 11.5 Å². The minimum absolute atomic E-state index is 0.0413. The molecule has 1 atom stereocenters. The molecule has 5 rings (SSSR count). The fourth-order valence-corrected chi connectivity index (χ4v) is 5.59. The molecule has 10 heteroatoms. The zero-order valence-electron chi connectivity index (χ0n) is 16.5. The van der Waals surface area contributed by atoms with E-state index in [-0.39, 0.29) is 34.6 Å². The van der Waals surface area contributed by atoms with E-state index in [2.05, 4.69) is 10.1 Å². The number of hydrogen-bond acceptors (Lipinski definition) is 7. The zero-order valence-corrected chi connectivity index (χ0v) is 18.0. The molecule has 2 heterocycles. The fourth-order valence-electron chi connectivity index (χ4n) is 3.82. The van der Waals surface area contributed by atoms with E-state index in [1.54, 1.807) is 12.1 Å². The minimum Gasteiger partial charge on any atom is -0.365 e. The first kappa shape index (κ1) is 20.4. The van der Waals surface area contributed by atoms with Gasteiger partial charge in [0, 0.05) is 30.1 Å². The van der Waals surface area contributed by atoms with Gasteiger partial charge in [-0.25, -0.2) is 12.8 Å². The van der Waals surface area contributed by atoms with Crippen LogP contribution in [0, 0.1) is 5.82 Å². The molecule has 0 saturated heterocycles. The largest absolute Gasteiger partial charge is 0.365 e. The predicted molar refractivity (Wildman–Crippen MR) is 114 cm³/mol. The van der Waals surface area contributed by atoms with E-state index < -0.39 is 21.7 Å². The zero-order chi connectivity index (χ0) is 21.8. The molecule has 3 aromatic rings. The Morgan fingerprint density at radius 1 is 1.23 bits per heavy atom. The normalized spacial score (nSPS) is 20.4. The summed E-state index contributed by atoms with van der Waals surface area (Å²) in [7, 11) is -3.77. The molecule has 1 fully saturated rings. The van der Waals surface area contributed by atoms with Crippen LogP contribution in [-0.4, -0.2) is 36.9 Å². The van der Waals surface area contributed by atoms with E-state index in [0.717, 1.165) is 24.5 Å². The van der Waals surface area contributed by atoms with Crippen molar-refractivity contribution in [2.45, 2.75) is 36.2 Å². The number of halogens is 2. The van der Waals surface area contributed by atoms with Crippen molar-refractivity contribution < 1.29 is 17.3 Å². The highest BCUT2D eigenvalue weighted by Crippen LogP contribution is 2.40. The van der Waals surface area contributed by atoms with Crippen molar-refractivity contribution in [2.75, 3.05) is 17.2 Å². The maximum atomic E-state index is 15.0. The van der Waals surface area contributed by atoms with Crippen LogP contribution in [0.3, 0.4) is 0 Å². The summed E-state index contributed by atoms with van der Waals surface area (Å²) >= 11 is 5.98. The highest BCUT2D eigenvalue weighted by atomic mass is 35.5. The van der Waals surface area contributed by atoms with Crippen LogP contribution in [0.4, 0.5) is 10.1 Å². The summed E-state index contributed by atoms with van der Waals surface area (Å²) in [5.41, 5.74) is 7.47. The lowest BCUT2D eigenvalue weighted by molar-refractivity contribution is 0.420. The number of nitrogens with zero attached hydrogens (tertiary/aromatic N) is 3. The van der Waals surface area contributed by atoms with Crippen LogP contribution in [0.5, 0.6) is 0 Å². The van der Waals surface area contributed by atoms with Gasteiger partial charge in [-0.05, 0) is 42.7 Å². The lowest BCUT2D eigenvalue weighted by Gasteiger charge is -2.26. The first-order valence-electron chi connectivity index (χ1n) is 9.95. The van der Waals surface area contributed by atoms with E-state index in [4.69, 9.17) is 21.9 Å². The maximum Gasteiger partial charge on any atom is 0.260 e. The van der Waals surface area contributed by atoms with E-state index in [1.165, 1.54) is 6.07 Å². The standard InChI is InChI=1S/C21H20ClFN4O3S/c22-14-5-1-12(2-6-14)9-27-10-15(24)11-31(28,29)19-8-17(23)16(7-18(19)27)21-25-20(26-30-21)13-3-4-13/h1-2,5-8,13,15H,3-4,9-11,24H2/t15-/m1/s1. The molecule has 0 bridgehead atoms. The van der Waals surface area contributed by atoms with Gasteiger partial charge in [-0.3, -0.25) is 0 Å². The Balaban J connectivity index is 1.61. The second-order valence-electron chi connectivity index (χ2n) is 8.08. The molecule has 0 amide bonds. The van der Waals surface area contributed by atoms with Gasteiger partial charge >= 0.3 is 0 Å². The van der Waals surface area contributed by atoms with Crippen LogP contribution in [-0.2, 0) is 16.4 Å². The van der Waals surface area contributed by atoms with Gasteiger partial charge in [0.25, 0.3) is 5.89 Å². The van der Waals surface area contributed by atoms with Crippen molar-refractivity contribution >= 4 is 27.1 Å². The number of benzene rings is 2. The summed E-state index contributed by atoms with van der Waals surface area (Å²) in [5.74, 6) is -0.143. The van der Waals surface area contributed by atoms with Gasteiger partial charge in [0.15, 0.2) is 15.7 Å². The summed E-state index contributed by atoms with van der Waals surface area (Å²) < 4.78 is 46.1. The molecule has 2 aliphatic rings. The predicted octanol–water partition coefficient (Wildman–Crippen LogP) is 3.53. The third kappa shape index (κ3) is 4.05. The summed E-state index contributed by atoms with van der Waals surface area (Å²) in [5, 5.41) is 4.55. The smallest absolute Gasteiger partial charge is 0.260 e. The van der Waals surface area contributed by atoms with Gasteiger partial charge in [-0.15, -0.1) is 0 Å². The van der Waals surface area contributed by atoms with Crippen LogP contribution in [0.2, 0.25) is 5.02 Å². The van der Waals surface area contributed by atoms with Gasteiger partial charge < -0.3 is 15.2 Å². The molecular formula is C21H20ClFN4O3S. The van der Waals surface area contributed by atoms with Crippen LogP contribution in [0.1, 0.15) is 30.1 Å². The molecule has 2 aromatic carbocycles. The minimum atomic E-state index is -3.77. The monoisotopic (exact) mass is 462 g/mol. The molecule has 1 saturated carbocycles. The average molecular weight is 463 g/mol. The van der Waals surface area contributed by atoms with Crippen LogP contribution >= 0.6 is 11.6 Å². The highest BCUT2D eigenvalue weighted by molar-refractivity contribution is 7.91. The Hall–Kier alpha value is -2.49. The van der Waals surface area contributed by atoms with Crippen LogP contribution < -0.4 is 10.6 Å².